The highest BCUT2D eigenvalue weighted by atomic mass is 19.1. The average Bonchev–Trinajstić information content (AvgIpc) is 3.37. The van der Waals surface area contributed by atoms with Crippen LogP contribution in [0.3, 0.4) is 0 Å². The van der Waals surface area contributed by atoms with Crippen molar-refractivity contribution in [1.29, 1.82) is 0 Å². The van der Waals surface area contributed by atoms with Gasteiger partial charge in [-0.2, -0.15) is 0 Å². The second-order valence-corrected chi connectivity index (χ2v) is 10.4. The number of benzene rings is 2. The molecule has 2 saturated heterocycles. The fraction of sp³-hybridized carbons (Fsp3) is 0.414. The normalized spacial score (nSPS) is 20.3. The fourth-order valence-electron chi connectivity index (χ4n) is 5.48. The molecule has 2 aliphatic heterocycles. The van der Waals surface area contributed by atoms with Crippen LogP contribution in [0.1, 0.15) is 40.1 Å². The Kier molecular flexibility index (Phi) is 7.67. The van der Waals surface area contributed by atoms with Crippen LogP contribution in [0.2, 0.25) is 0 Å². The summed E-state index contributed by atoms with van der Waals surface area (Å²) in [5.41, 5.74) is 2.22. The molecule has 5 rings (SSSR count). The molecule has 3 heterocycles. The molecule has 10 heteroatoms. The van der Waals surface area contributed by atoms with Crippen LogP contribution in [-0.2, 0) is 11.3 Å². The summed E-state index contributed by atoms with van der Waals surface area (Å²) in [7, 11) is 1.51. The minimum Gasteiger partial charge on any atom is -0.496 e. The number of piperazine rings is 2. The molecular weight excluding hydrogens is 501 g/mol. The summed E-state index contributed by atoms with van der Waals surface area (Å²) in [6.45, 7) is 8.16. The van der Waals surface area contributed by atoms with Gasteiger partial charge in [-0.15, -0.1) is 0 Å². The van der Waals surface area contributed by atoms with Gasteiger partial charge in [-0.25, -0.2) is 4.39 Å². The van der Waals surface area contributed by atoms with Gasteiger partial charge in [0.05, 0.1) is 18.2 Å². The van der Waals surface area contributed by atoms with Crippen LogP contribution in [0.15, 0.2) is 42.6 Å². The van der Waals surface area contributed by atoms with Gasteiger partial charge in [0.2, 0.25) is 0 Å². The van der Waals surface area contributed by atoms with Crippen LogP contribution < -0.4 is 10.1 Å². The quantitative estimate of drug-likeness (QED) is 0.372. The number of hydrogen-bond donors (Lipinski definition) is 2. The Balaban J connectivity index is 1.38. The first kappa shape index (κ1) is 26.8. The van der Waals surface area contributed by atoms with Crippen molar-refractivity contribution >= 4 is 28.5 Å². The van der Waals surface area contributed by atoms with Gasteiger partial charge >= 0.3 is 0 Å². The molecule has 0 saturated carbocycles. The van der Waals surface area contributed by atoms with Gasteiger partial charge in [-0.3, -0.25) is 19.3 Å². The second kappa shape index (κ2) is 11.2. The number of rotatable bonds is 6. The number of fused-ring (bicyclic) bond motifs is 1. The highest BCUT2D eigenvalue weighted by molar-refractivity contribution is 6.45. The number of ketones is 1. The van der Waals surface area contributed by atoms with Crippen LogP contribution in [0, 0.1) is 5.82 Å². The maximum atomic E-state index is 13.9. The first-order valence-corrected chi connectivity index (χ1v) is 13.3. The van der Waals surface area contributed by atoms with E-state index in [0.717, 1.165) is 5.56 Å². The number of Topliss-reactive ketones (excluding diaryl/α,β-unsaturated/α-hetero) is 1. The molecule has 0 bridgehead atoms. The van der Waals surface area contributed by atoms with E-state index in [0.29, 0.717) is 68.0 Å². The minimum absolute atomic E-state index is 0.0750. The maximum Gasteiger partial charge on any atom is 0.295 e. The number of ether oxygens (including phenoxy) is 1. The van der Waals surface area contributed by atoms with E-state index in [9.17, 15) is 18.8 Å². The Morgan fingerprint density at radius 1 is 1.00 bits per heavy atom. The predicted octanol–water partition coefficient (Wildman–Crippen LogP) is 2.67. The lowest BCUT2D eigenvalue weighted by molar-refractivity contribution is -0.126. The molecule has 2 unspecified atom stereocenters. The van der Waals surface area contributed by atoms with Gasteiger partial charge in [-0.1, -0.05) is 12.1 Å². The van der Waals surface area contributed by atoms with Crippen molar-refractivity contribution in [2.45, 2.75) is 32.5 Å². The van der Waals surface area contributed by atoms with Crippen molar-refractivity contribution < 1.29 is 23.5 Å². The monoisotopic (exact) mass is 535 g/mol. The van der Waals surface area contributed by atoms with Crippen molar-refractivity contribution in [2.24, 2.45) is 0 Å². The zero-order valence-electron chi connectivity index (χ0n) is 22.5. The number of halogens is 1. The predicted molar refractivity (Wildman–Crippen MR) is 145 cm³/mol. The minimum atomic E-state index is -0.594. The molecule has 0 spiro atoms. The maximum absolute atomic E-state index is 13.9. The number of aromatic amines is 1. The first-order chi connectivity index (χ1) is 18.8. The summed E-state index contributed by atoms with van der Waals surface area (Å²) in [6, 6.07) is 9.84. The van der Waals surface area contributed by atoms with Gasteiger partial charge in [0.15, 0.2) is 0 Å². The van der Waals surface area contributed by atoms with Crippen LogP contribution in [0.25, 0.3) is 10.9 Å². The molecule has 3 aromatic rings. The lowest BCUT2D eigenvalue weighted by Crippen LogP contribution is -2.57. The summed E-state index contributed by atoms with van der Waals surface area (Å²) < 4.78 is 18.9. The van der Waals surface area contributed by atoms with Crippen molar-refractivity contribution in [2.75, 3.05) is 46.4 Å². The van der Waals surface area contributed by atoms with Gasteiger partial charge in [0.25, 0.3) is 17.6 Å². The van der Waals surface area contributed by atoms with Crippen LogP contribution in [-0.4, -0.2) is 95.7 Å². The SMILES string of the molecule is COc1cc2[nH]cc(C(=O)C(=O)N3CCNCC3)c2cc1C(=O)N1CC(C)N(Cc2ccc(F)cc2)CC1C. The summed E-state index contributed by atoms with van der Waals surface area (Å²) >= 11 is 0. The van der Waals surface area contributed by atoms with Gasteiger partial charge in [0.1, 0.15) is 11.6 Å². The lowest BCUT2D eigenvalue weighted by Gasteiger charge is -2.44. The van der Waals surface area contributed by atoms with E-state index in [1.165, 1.54) is 25.4 Å². The molecule has 2 aromatic carbocycles. The number of nitrogens with one attached hydrogen (secondary N) is 2. The van der Waals surface area contributed by atoms with E-state index in [2.05, 4.69) is 22.1 Å². The molecule has 9 nitrogen and oxygen atoms in total. The topological polar surface area (TPSA) is 98.0 Å². The lowest BCUT2D eigenvalue weighted by atomic mass is 10.0. The zero-order chi connectivity index (χ0) is 27.7. The Labute approximate surface area is 226 Å². The average molecular weight is 536 g/mol. The van der Waals surface area contributed by atoms with Crippen molar-refractivity contribution in [3.8, 4) is 5.75 Å². The van der Waals surface area contributed by atoms with E-state index in [4.69, 9.17) is 4.74 Å². The molecule has 2 amide bonds. The molecule has 206 valence electrons. The number of carbonyl (C=O) groups excluding carboxylic acids is 3. The Bertz CT molecular complexity index is 1380. The number of aromatic nitrogens is 1. The van der Waals surface area contributed by atoms with Crippen molar-refractivity contribution in [1.82, 2.24) is 25.0 Å². The number of carbonyl (C=O) groups is 3. The van der Waals surface area contributed by atoms with E-state index in [-0.39, 0.29) is 29.4 Å². The van der Waals surface area contributed by atoms with Crippen molar-refractivity contribution in [3.63, 3.8) is 0 Å². The second-order valence-electron chi connectivity index (χ2n) is 10.4. The molecule has 0 radical (unpaired) electrons. The molecule has 1 aromatic heterocycles. The Hall–Kier alpha value is -3.76. The molecule has 2 N–H and O–H groups in total. The molecule has 2 aliphatic rings. The smallest absolute Gasteiger partial charge is 0.295 e. The zero-order valence-corrected chi connectivity index (χ0v) is 22.5. The van der Waals surface area contributed by atoms with E-state index >= 15 is 0 Å². The standard InChI is InChI=1S/C29H34FN5O4/c1-18-16-35(19(2)15-34(18)17-20-4-6-21(30)7-5-20)28(37)23-12-22-24(14-32-25(22)13-26(23)39-3)27(36)29(38)33-10-8-31-9-11-33/h4-7,12-14,18-19,31-32H,8-11,15-17H2,1-3H3. The fourth-order valence-corrected chi connectivity index (χ4v) is 5.48. The molecule has 39 heavy (non-hydrogen) atoms. The summed E-state index contributed by atoms with van der Waals surface area (Å²) in [5, 5.41) is 3.69. The number of nitrogens with zero attached hydrogens (tertiary/aromatic N) is 3. The van der Waals surface area contributed by atoms with Gasteiger partial charge in [-0.05, 0) is 37.6 Å². The summed E-state index contributed by atoms with van der Waals surface area (Å²) in [6.07, 6.45) is 1.53. The van der Waals surface area contributed by atoms with E-state index in [1.807, 2.05) is 11.8 Å². The van der Waals surface area contributed by atoms with E-state index < -0.39 is 11.7 Å². The highest BCUT2D eigenvalue weighted by Gasteiger charge is 2.34. The third-order valence-electron chi connectivity index (χ3n) is 7.75. The molecule has 2 atom stereocenters. The number of methoxy groups -OCH3 is 1. The highest BCUT2D eigenvalue weighted by Crippen LogP contribution is 2.31. The van der Waals surface area contributed by atoms with E-state index in [1.54, 1.807) is 29.2 Å². The largest absolute Gasteiger partial charge is 0.496 e. The first-order valence-electron chi connectivity index (χ1n) is 13.3. The molecule has 0 aliphatic carbocycles. The number of H-pyrrole nitrogens is 1. The van der Waals surface area contributed by atoms with Gasteiger partial charge in [0, 0.05) is 81.1 Å². The third kappa shape index (κ3) is 5.39. The molecule has 2 fully saturated rings. The van der Waals surface area contributed by atoms with Crippen molar-refractivity contribution in [3.05, 3.63) is 65.1 Å². The number of hydrogen-bond acceptors (Lipinski definition) is 6. The summed E-state index contributed by atoms with van der Waals surface area (Å²) in [5.74, 6) is -1.19. The van der Waals surface area contributed by atoms with Crippen LogP contribution in [0.4, 0.5) is 4.39 Å². The van der Waals surface area contributed by atoms with Crippen LogP contribution in [0.5, 0.6) is 5.75 Å². The molecular formula is C29H34FN5O4. The summed E-state index contributed by atoms with van der Waals surface area (Å²) in [4.78, 5) is 48.7. The van der Waals surface area contributed by atoms with Gasteiger partial charge < -0.3 is 24.8 Å². The van der Waals surface area contributed by atoms with Crippen LogP contribution >= 0.6 is 0 Å². The Morgan fingerprint density at radius 2 is 1.72 bits per heavy atom. The Morgan fingerprint density at radius 3 is 2.41 bits per heavy atom. The number of amides is 2. The third-order valence-corrected chi connectivity index (χ3v) is 7.75.